The fourth-order valence-electron chi connectivity index (χ4n) is 3.09. The van der Waals surface area contributed by atoms with Gasteiger partial charge in [0.25, 0.3) is 0 Å². The largest absolute Gasteiger partial charge is 0.372 e. The molecular formula is C17H26N4OS. The van der Waals surface area contributed by atoms with Crippen LogP contribution >= 0.6 is 11.3 Å². The zero-order valence-electron chi connectivity index (χ0n) is 14.2. The summed E-state index contributed by atoms with van der Waals surface area (Å²) < 4.78 is 7.85. The van der Waals surface area contributed by atoms with E-state index in [2.05, 4.69) is 35.3 Å². The lowest BCUT2D eigenvalue weighted by molar-refractivity contribution is 0.0838. The van der Waals surface area contributed by atoms with E-state index in [0.29, 0.717) is 11.8 Å². The summed E-state index contributed by atoms with van der Waals surface area (Å²) in [6.45, 7) is 7.16. The minimum Gasteiger partial charge on any atom is -0.372 e. The van der Waals surface area contributed by atoms with Crippen molar-refractivity contribution in [2.24, 2.45) is 18.9 Å². The summed E-state index contributed by atoms with van der Waals surface area (Å²) in [4.78, 5) is 5.83. The van der Waals surface area contributed by atoms with E-state index < -0.39 is 0 Å². The summed E-state index contributed by atoms with van der Waals surface area (Å²) in [5, 5.41) is 9.09. The highest BCUT2D eigenvalue weighted by Gasteiger charge is 2.31. The third kappa shape index (κ3) is 4.19. The molecule has 23 heavy (non-hydrogen) atoms. The number of ether oxygens (including phenoxy) is 1. The maximum absolute atomic E-state index is 5.93. The van der Waals surface area contributed by atoms with Crippen LogP contribution in [0.5, 0.6) is 0 Å². The van der Waals surface area contributed by atoms with E-state index in [9.17, 15) is 0 Å². The van der Waals surface area contributed by atoms with Gasteiger partial charge in [0.15, 0.2) is 0 Å². The number of hydrogen-bond acceptors (Lipinski definition) is 5. The van der Waals surface area contributed by atoms with Crippen LogP contribution in [0.1, 0.15) is 42.0 Å². The van der Waals surface area contributed by atoms with Crippen molar-refractivity contribution >= 4 is 11.3 Å². The Balaban J connectivity index is 1.50. The van der Waals surface area contributed by atoms with Gasteiger partial charge in [-0.1, -0.05) is 13.8 Å². The van der Waals surface area contributed by atoms with E-state index in [0.717, 1.165) is 32.5 Å². The molecule has 2 aromatic heterocycles. The van der Waals surface area contributed by atoms with E-state index in [4.69, 9.17) is 4.74 Å². The van der Waals surface area contributed by atoms with Gasteiger partial charge >= 0.3 is 0 Å². The first-order valence-electron chi connectivity index (χ1n) is 8.37. The van der Waals surface area contributed by atoms with E-state index in [1.54, 1.807) is 0 Å². The van der Waals surface area contributed by atoms with Gasteiger partial charge in [-0.2, -0.15) is 5.10 Å². The SMILES string of the molecule is CC(C)Cc1ncc(CNC[C@@H]2CCO[C@H]2c2ccnn2C)s1. The molecule has 3 heterocycles. The second kappa shape index (κ2) is 7.55. The van der Waals surface area contributed by atoms with Gasteiger partial charge in [0, 0.05) is 56.4 Å². The number of aromatic nitrogens is 3. The molecule has 1 aliphatic rings. The molecule has 0 saturated carbocycles. The third-order valence-electron chi connectivity index (χ3n) is 4.25. The summed E-state index contributed by atoms with van der Waals surface area (Å²) in [6.07, 6.45) is 6.19. The molecule has 3 rings (SSSR count). The molecule has 126 valence electrons. The Morgan fingerprint density at radius 1 is 1.48 bits per heavy atom. The van der Waals surface area contributed by atoms with Crippen LogP contribution in [-0.2, 0) is 24.8 Å². The van der Waals surface area contributed by atoms with Gasteiger partial charge in [-0.25, -0.2) is 4.98 Å². The van der Waals surface area contributed by atoms with Gasteiger partial charge in [-0.15, -0.1) is 11.3 Å². The number of nitrogens with one attached hydrogen (secondary N) is 1. The molecule has 1 fully saturated rings. The van der Waals surface area contributed by atoms with Gasteiger partial charge in [0.05, 0.1) is 10.7 Å². The summed E-state index contributed by atoms with van der Waals surface area (Å²) in [5.74, 6) is 1.17. The summed E-state index contributed by atoms with van der Waals surface area (Å²) in [7, 11) is 1.98. The Labute approximate surface area is 142 Å². The zero-order chi connectivity index (χ0) is 16.2. The lowest BCUT2D eigenvalue weighted by Crippen LogP contribution is -2.25. The van der Waals surface area contributed by atoms with Gasteiger partial charge in [-0.3, -0.25) is 4.68 Å². The number of rotatable bonds is 7. The van der Waals surface area contributed by atoms with Crippen LogP contribution in [-0.4, -0.2) is 27.9 Å². The molecule has 1 aliphatic heterocycles. The molecule has 5 nitrogen and oxygen atoms in total. The summed E-state index contributed by atoms with van der Waals surface area (Å²) >= 11 is 1.83. The average Bonchev–Trinajstić information content (AvgIpc) is 3.20. The normalized spacial score (nSPS) is 21.4. The first-order chi connectivity index (χ1) is 11.1. The van der Waals surface area contributed by atoms with Crippen molar-refractivity contribution in [2.75, 3.05) is 13.2 Å². The Bertz CT molecular complexity index is 622. The predicted molar refractivity (Wildman–Crippen MR) is 92.4 cm³/mol. The van der Waals surface area contributed by atoms with Crippen LogP contribution < -0.4 is 5.32 Å². The monoisotopic (exact) mass is 334 g/mol. The Kier molecular flexibility index (Phi) is 5.46. The van der Waals surface area contributed by atoms with Crippen LogP contribution in [0.2, 0.25) is 0 Å². The highest BCUT2D eigenvalue weighted by atomic mass is 32.1. The molecule has 0 radical (unpaired) electrons. The Morgan fingerprint density at radius 2 is 2.35 bits per heavy atom. The Morgan fingerprint density at radius 3 is 3.09 bits per heavy atom. The smallest absolute Gasteiger partial charge is 0.103 e. The van der Waals surface area contributed by atoms with Crippen molar-refractivity contribution < 1.29 is 4.74 Å². The molecule has 0 bridgehead atoms. The maximum Gasteiger partial charge on any atom is 0.103 e. The summed E-state index contributed by atoms with van der Waals surface area (Å²) in [6, 6.07) is 2.06. The minimum atomic E-state index is 0.160. The van der Waals surface area contributed by atoms with Gasteiger partial charge in [-0.05, 0) is 18.4 Å². The molecular weight excluding hydrogens is 308 g/mol. The van der Waals surface area contributed by atoms with Crippen molar-refractivity contribution in [2.45, 2.75) is 39.3 Å². The van der Waals surface area contributed by atoms with Gasteiger partial charge in [0.2, 0.25) is 0 Å². The van der Waals surface area contributed by atoms with Crippen LogP contribution in [0, 0.1) is 11.8 Å². The van der Waals surface area contributed by atoms with Crippen molar-refractivity contribution in [3.63, 3.8) is 0 Å². The second-order valence-electron chi connectivity index (χ2n) is 6.67. The number of hydrogen-bond donors (Lipinski definition) is 1. The molecule has 0 spiro atoms. The second-order valence-corrected chi connectivity index (χ2v) is 7.87. The first-order valence-corrected chi connectivity index (χ1v) is 9.19. The van der Waals surface area contributed by atoms with Crippen LogP contribution in [0.3, 0.4) is 0 Å². The molecule has 1 saturated heterocycles. The lowest BCUT2D eigenvalue weighted by Gasteiger charge is -2.19. The number of nitrogens with zero attached hydrogens (tertiary/aromatic N) is 3. The molecule has 2 aromatic rings. The summed E-state index contributed by atoms with van der Waals surface area (Å²) in [5.41, 5.74) is 1.17. The molecule has 6 heteroatoms. The van der Waals surface area contributed by atoms with Crippen molar-refractivity contribution in [3.8, 4) is 0 Å². The minimum absolute atomic E-state index is 0.160. The molecule has 0 unspecified atom stereocenters. The van der Waals surface area contributed by atoms with Crippen molar-refractivity contribution in [1.82, 2.24) is 20.1 Å². The highest BCUT2D eigenvalue weighted by Crippen LogP contribution is 2.33. The molecule has 0 aromatic carbocycles. The number of aryl methyl sites for hydroxylation is 1. The van der Waals surface area contributed by atoms with Crippen molar-refractivity contribution in [1.29, 1.82) is 0 Å². The fourth-order valence-corrected chi connectivity index (χ4v) is 4.19. The van der Waals surface area contributed by atoms with E-state index in [-0.39, 0.29) is 6.10 Å². The first kappa shape index (κ1) is 16.6. The van der Waals surface area contributed by atoms with Crippen LogP contribution in [0.4, 0.5) is 0 Å². The van der Waals surface area contributed by atoms with E-state index in [1.807, 2.05) is 35.5 Å². The van der Waals surface area contributed by atoms with Crippen molar-refractivity contribution in [3.05, 3.63) is 34.0 Å². The molecule has 1 N–H and O–H groups in total. The zero-order valence-corrected chi connectivity index (χ0v) is 15.0. The maximum atomic E-state index is 5.93. The topological polar surface area (TPSA) is 52.0 Å². The third-order valence-corrected chi connectivity index (χ3v) is 5.27. The van der Waals surface area contributed by atoms with Crippen LogP contribution in [0.25, 0.3) is 0 Å². The standard InChI is InChI=1S/C17H26N4OS/c1-12(2)8-16-19-11-14(23-16)10-18-9-13-5-7-22-17(13)15-4-6-20-21(15)3/h4,6,11-13,17-18H,5,7-10H2,1-3H3/t13-,17+/m0/s1. The molecule has 2 atom stereocenters. The lowest BCUT2D eigenvalue weighted by atomic mass is 9.99. The number of thiazole rings is 1. The fraction of sp³-hybridized carbons (Fsp3) is 0.647. The van der Waals surface area contributed by atoms with Gasteiger partial charge in [0.1, 0.15) is 6.10 Å². The van der Waals surface area contributed by atoms with Crippen LogP contribution in [0.15, 0.2) is 18.5 Å². The Hall–Kier alpha value is -1.24. The van der Waals surface area contributed by atoms with E-state index in [1.165, 1.54) is 15.6 Å². The predicted octanol–water partition coefficient (Wildman–Crippen LogP) is 2.94. The quantitative estimate of drug-likeness (QED) is 0.846. The van der Waals surface area contributed by atoms with Gasteiger partial charge < -0.3 is 10.1 Å². The highest BCUT2D eigenvalue weighted by molar-refractivity contribution is 7.11. The molecule has 0 amide bonds. The average molecular weight is 334 g/mol. The molecule has 0 aliphatic carbocycles. The van der Waals surface area contributed by atoms with E-state index >= 15 is 0 Å².